The molecular weight excluding hydrogens is 276 g/mol. The van der Waals surface area contributed by atoms with E-state index >= 15 is 0 Å². The average Bonchev–Trinajstić information content (AvgIpc) is 2.48. The summed E-state index contributed by atoms with van der Waals surface area (Å²) in [6, 6.07) is 8.12. The molecule has 0 aromatic carbocycles. The second-order valence-electron chi connectivity index (χ2n) is 4.11. The van der Waals surface area contributed by atoms with Gasteiger partial charge in [0.05, 0.1) is 0 Å². The van der Waals surface area contributed by atoms with E-state index in [1.165, 1.54) is 29.7 Å². The number of nitriles is 1. The number of sulfonamides is 1. The molecule has 0 amide bonds. The number of rotatable bonds is 4. The first-order valence-electron chi connectivity index (χ1n) is 5.75. The summed E-state index contributed by atoms with van der Waals surface area (Å²) in [6.07, 6.45) is 4.41. The van der Waals surface area contributed by atoms with E-state index in [1.807, 2.05) is 6.07 Å². The van der Waals surface area contributed by atoms with Gasteiger partial charge in [-0.1, -0.05) is 0 Å². The Labute approximate surface area is 117 Å². The lowest BCUT2D eigenvalue weighted by Gasteiger charge is -2.16. The highest BCUT2D eigenvalue weighted by Gasteiger charge is 2.21. The van der Waals surface area contributed by atoms with Crippen LogP contribution in [0.25, 0.3) is 0 Å². The van der Waals surface area contributed by atoms with Crippen molar-refractivity contribution < 1.29 is 8.42 Å². The maximum absolute atomic E-state index is 12.3. The summed E-state index contributed by atoms with van der Waals surface area (Å²) >= 11 is 0. The molecule has 0 aliphatic rings. The predicted octanol–water partition coefficient (Wildman–Crippen LogP) is 1.17. The molecule has 2 rings (SSSR count). The number of pyridine rings is 2. The maximum Gasteiger partial charge on any atom is 0.244 e. The van der Waals surface area contributed by atoms with Crippen LogP contribution in [0.15, 0.2) is 47.8 Å². The monoisotopic (exact) mass is 288 g/mol. The van der Waals surface area contributed by atoms with Crippen LogP contribution in [0.4, 0.5) is 0 Å². The highest BCUT2D eigenvalue weighted by atomic mass is 32.2. The fourth-order valence-electron chi connectivity index (χ4n) is 1.61. The highest BCUT2D eigenvalue weighted by molar-refractivity contribution is 7.89. The topological polar surface area (TPSA) is 87.0 Å². The molecule has 0 unspecified atom stereocenters. The van der Waals surface area contributed by atoms with Crippen molar-refractivity contribution >= 4 is 10.0 Å². The van der Waals surface area contributed by atoms with Crippen LogP contribution >= 0.6 is 0 Å². The van der Waals surface area contributed by atoms with Gasteiger partial charge in [-0.3, -0.25) is 4.98 Å². The SMILES string of the molecule is CN(Cc1ccncc1)S(=O)(=O)c1ccc(C#N)nc1. The molecule has 6 nitrogen and oxygen atoms in total. The minimum Gasteiger partial charge on any atom is -0.265 e. The normalized spacial score (nSPS) is 11.2. The lowest BCUT2D eigenvalue weighted by atomic mass is 10.3. The van der Waals surface area contributed by atoms with E-state index in [0.717, 1.165) is 5.56 Å². The Kier molecular flexibility index (Phi) is 4.08. The van der Waals surface area contributed by atoms with E-state index in [1.54, 1.807) is 24.5 Å². The second-order valence-corrected chi connectivity index (χ2v) is 6.15. The lowest BCUT2D eigenvalue weighted by Crippen LogP contribution is -2.26. The standard InChI is InChI=1S/C13H12N4O2S/c1-17(10-11-4-6-15-7-5-11)20(18,19)13-3-2-12(8-14)16-9-13/h2-7,9H,10H2,1H3. The van der Waals surface area contributed by atoms with Crippen LogP contribution in [-0.4, -0.2) is 29.7 Å². The van der Waals surface area contributed by atoms with Crippen LogP contribution in [-0.2, 0) is 16.6 Å². The highest BCUT2D eigenvalue weighted by Crippen LogP contribution is 2.15. The minimum absolute atomic E-state index is 0.0630. The van der Waals surface area contributed by atoms with Gasteiger partial charge >= 0.3 is 0 Å². The molecule has 2 aromatic heterocycles. The zero-order chi connectivity index (χ0) is 14.6. The van der Waals surface area contributed by atoms with Crippen molar-refractivity contribution in [2.45, 2.75) is 11.4 Å². The van der Waals surface area contributed by atoms with E-state index in [2.05, 4.69) is 9.97 Å². The van der Waals surface area contributed by atoms with Crippen molar-refractivity contribution in [2.24, 2.45) is 0 Å². The van der Waals surface area contributed by atoms with Gasteiger partial charge in [0, 0.05) is 32.2 Å². The van der Waals surface area contributed by atoms with Crippen molar-refractivity contribution in [3.8, 4) is 6.07 Å². The molecule has 0 radical (unpaired) electrons. The quantitative estimate of drug-likeness (QED) is 0.842. The lowest BCUT2D eigenvalue weighted by molar-refractivity contribution is 0.466. The molecule has 0 aliphatic heterocycles. The van der Waals surface area contributed by atoms with E-state index < -0.39 is 10.0 Å². The molecule has 0 aliphatic carbocycles. The third-order valence-electron chi connectivity index (χ3n) is 2.71. The van der Waals surface area contributed by atoms with Crippen molar-refractivity contribution in [1.82, 2.24) is 14.3 Å². The van der Waals surface area contributed by atoms with E-state index in [0.29, 0.717) is 0 Å². The molecule has 0 bridgehead atoms. The van der Waals surface area contributed by atoms with E-state index in [4.69, 9.17) is 5.26 Å². The van der Waals surface area contributed by atoms with Crippen LogP contribution in [0.2, 0.25) is 0 Å². The van der Waals surface area contributed by atoms with Gasteiger partial charge in [0.2, 0.25) is 10.0 Å². The zero-order valence-electron chi connectivity index (χ0n) is 10.8. The van der Waals surface area contributed by atoms with Crippen molar-refractivity contribution in [3.05, 3.63) is 54.1 Å². The third kappa shape index (κ3) is 2.99. The Hall–Kier alpha value is -2.30. The number of hydrogen-bond acceptors (Lipinski definition) is 5. The van der Waals surface area contributed by atoms with E-state index in [-0.39, 0.29) is 17.1 Å². The molecule has 0 spiro atoms. The third-order valence-corrected chi connectivity index (χ3v) is 4.50. The van der Waals surface area contributed by atoms with Crippen LogP contribution < -0.4 is 0 Å². The van der Waals surface area contributed by atoms with Gasteiger partial charge < -0.3 is 0 Å². The Morgan fingerprint density at radius 3 is 2.50 bits per heavy atom. The minimum atomic E-state index is -3.62. The van der Waals surface area contributed by atoms with Crippen molar-refractivity contribution in [3.63, 3.8) is 0 Å². The summed E-state index contributed by atoms with van der Waals surface area (Å²) in [5.41, 5.74) is 1.02. The fraction of sp³-hybridized carbons (Fsp3) is 0.154. The molecule has 0 saturated carbocycles. The number of aromatic nitrogens is 2. The Morgan fingerprint density at radius 2 is 1.95 bits per heavy atom. The average molecular weight is 288 g/mol. The molecular formula is C13H12N4O2S. The van der Waals surface area contributed by atoms with Gasteiger partial charge in [-0.05, 0) is 29.8 Å². The van der Waals surface area contributed by atoms with Gasteiger partial charge in [-0.15, -0.1) is 0 Å². The first kappa shape index (κ1) is 14.1. The Bertz CT molecular complexity index is 721. The summed E-state index contributed by atoms with van der Waals surface area (Å²) < 4.78 is 25.9. The first-order chi connectivity index (χ1) is 9.54. The van der Waals surface area contributed by atoms with Crippen molar-refractivity contribution in [1.29, 1.82) is 5.26 Å². The summed E-state index contributed by atoms with van der Waals surface area (Å²) in [4.78, 5) is 7.72. The molecule has 2 heterocycles. The van der Waals surface area contributed by atoms with E-state index in [9.17, 15) is 8.42 Å². The molecule has 20 heavy (non-hydrogen) atoms. The fourth-order valence-corrected chi connectivity index (χ4v) is 2.71. The Morgan fingerprint density at radius 1 is 1.25 bits per heavy atom. The molecule has 102 valence electrons. The van der Waals surface area contributed by atoms with Crippen molar-refractivity contribution in [2.75, 3.05) is 7.05 Å². The number of nitrogens with zero attached hydrogens (tertiary/aromatic N) is 4. The smallest absolute Gasteiger partial charge is 0.244 e. The van der Waals surface area contributed by atoms with Crippen LogP contribution in [0.1, 0.15) is 11.3 Å². The Balaban J connectivity index is 2.23. The van der Waals surface area contributed by atoms with Gasteiger partial charge in [-0.25, -0.2) is 13.4 Å². The van der Waals surface area contributed by atoms with Gasteiger partial charge in [-0.2, -0.15) is 9.57 Å². The zero-order valence-corrected chi connectivity index (χ0v) is 11.6. The molecule has 0 atom stereocenters. The predicted molar refractivity (Wildman–Crippen MR) is 71.8 cm³/mol. The summed E-state index contributed by atoms with van der Waals surface area (Å²) in [6.45, 7) is 0.241. The summed E-state index contributed by atoms with van der Waals surface area (Å²) in [5.74, 6) is 0. The second kappa shape index (κ2) is 5.77. The van der Waals surface area contributed by atoms with Gasteiger partial charge in [0.1, 0.15) is 16.7 Å². The largest absolute Gasteiger partial charge is 0.265 e. The molecule has 2 aromatic rings. The molecule has 0 fully saturated rings. The summed E-state index contributed by atoms with van der Waals surface area (Å²) in [7, 11) is -2.13. The van der Waals surface area contributed by atoms with Crippen LogP contribution in [0, 0.1) is 11.3 Å². The molecule has 7 heteroatoms. The first-order valence-corrected chi connectivity index (χ1v) is 7.19. The van der Waals surface area contributed by atoms with Crippen LogP contribution in [0.5, 0.6) is 0 Å². The molecule has 0 saturated heterocycles. The van der Waals surface area contributed by atoms with Gasteiger partial charge in [0.15, 0.2) is 0 Å². The van der Waals surface area contributed by atoms with Crippen LogP contribution in [0.3, 0.4) is 0 Å². The van der Waals surface area contributed by atoms with Gasteiger partial charge in [0.25, 0.3) is 0 Å². The molecule has 0 N–H and O–H groups in total. The summed E-state index contributed by atoms with van der Waals surface area (Å²) in [5, 5.41) is 8.66. The maximum atomic E-state index is 12.3. The number of hydrogen-bond donors (Lipinski definition) is 0.